The summed E-state index contributed by atoms with van der Waals surface area (Å²) in [4.78, 5) is 17.3. The van der Waals surface area contributed by atoms with Crippen molar-refractivity contribution < 1.29 is 23.4 Å². The van der Waals surface area contributed by atoms with Gasteiger partial charge in [-0.25, -0.2) is 9.37 Å². The van der Waals surface area contributed by atoms with Crippen LogP contribution in [0.3, 0.4) is 0 Å². The standard InChI is InChI=1S/C24H27FN2O4S/c1-4-29-20-13-17(14-21(30-5-2)22(20)31-6-3)23(28)26-12-11-19-15-32-24(27-19)16-7-9-18(25)10-8-16/h7-10,13-15H,4-6,11-12H2,1-3H3,(H,26,28). The molecular formula is C24H27FN2O4S. The molecule has 3 rings (SSSR count). The van der Waals surface area contributed by atoms with E-state index in [0.29, 0.717) is 55.6 Å². The Morgan fingerprint density at radius 1 is 1.00 bits per heavy atom. The second-order valence-electron chi connectivity index (χ2n) is 6.76. The van der Waals surface area contributed by atoms with Crippen LogP contribution in [0.15, 0.2) is 41.8 Å². The molecule has 8 heteroatoms. The molecule has 3 aromatic rings. The Labute approximate surface area is 191 Å². The molecule has 1 N–H and O–H groups in total. The van der Waals surface area contributed by atoms with E-state index in [1.54, 1.807) is 24.3 Å². The number of ether oxygens (including phenoxy) is 3. The fourth-order valence-corrected chi connectivity index (χ4v) is 3.93. The highest BCUT2D eigenvalue weighted by atomic mass is 32.1. The summed E-state index contributed by atoms with van der Waals surface area (Å²) in [5.74, 6) is 0.956. The molecule has 0 bridgehead atoms. The molecule has 0 aliphatic heterocycles. The molecule has 0 aliphatic carbocycles. The van der Waals surface area contributed by atoms with Crippen LogP contribution in [0, 0.1) is 5.82 Å². The Hall–Kier alpha value is -3.13. The number of nitrogens with one attached hydrogen (secondary N) is 1. The third kappa shape index (κ3) is 5.97. The van der Waals surface area contributed by atoms with E-state index in [4.69, 9.17) is 14.2 Å². The van der Waals surface area contributed by atoms with Gasteiger partial charge in [0.15, 0.2) is 11.5 Å². The summed E-state index contributed by atoms with van der Waals surface area (Å²) in [5, 5.41) is 5.68. The molecule has 170 valence electrons. The molecule has 0 radical (unpaired) electrons. The zero-order valence-corrected chi connectivity index (χ0v) is 19.3. The highest BCUT2D eigenvalue weighted by Gasteiger charge is 2.18. The van der Waals surface area contributed by atoms with E-state index in [2.05, 4.69) is 10.3 Å². The van der Waals surface area contributed by atoms with Crippen LogP contribution in [0.4, 0.5) is 4.39 Å². The van der Waals surface area contributed by atoms with E-state index in [9.17, 15) is 9.18 Å². The molecule has 1 aromatic heterocycles. The number of hydrogen-bond donors (Lipinski definition) is 1. The van der Waals surface area contributed by atoms with Gasteiger partial charge in [-0.3, -0.25) is 4.79 Å². The summed E-state index contributed by atoms with van der Waals surface area (Å²) in [6.07, 6.45) is 0.580. The van der Waals surface area contributed by atoms with Crippen LogP contribution in [-0.4, -0.2) is 37.3 Å². The summed E-state index contributed by atoms with van der Waals surface area (Å²) in [6, 6.07) is 9.58. The minimum absolute atomic E-state index is 0.232. The molecule has 0 fully saturated rings. The Kier molecular flexibility index (Phi) is 8.44. The van der Waals surface area contributed by atoms with Crippen LogP contribution >= 0.6 is 11.3 Å². The summed E-state index contributed by atoms with van der Waals surface area (Å²) in [6.45, 7) is 7.39. The Morgan fingerprint density at radius 2 is 1.62 bits per heavy atom. The minimum Gasteiger partial charge on any atom is -0.490 e. The Balaban J connectivity index is 1.66. The van der Waals surface area contributed by atoms with Gasteiger partial charge in [0.1, 0.15) is 10.8 Å². The lowest BCUT2D eigenvalue weighted by Gasteiger charge is -2.17. The summed E-state index contributed by atoms with van der Waals surface area (Å²) < 4.78 is 30.1. The number of halogens is 1. The lowest BCUT2D eigenvalue weighted by molar-refractivity contribution is 0.0953. The van der Waals surface area contributed by atoms with Crippen LogP contribution in [0.25, 0.3) is 10.6 Å². The topological polar surface area (TPSA) is 69.7 Å². The molecule has 0 atom stereocenters. The number of amides is 1. The molecule has 0 unspecified atom stereocenters. The van der Waals surface area contributed by atoms with Gasteiger partial charge in [0, 0.05) is 29.5 Å². The van der Waals surface area contributed by atoms with Gasteiger partial charge in [0.25, 0.3) is 5.91 Å². The minimum atomic E-state index is -0.275. The number of nitrogens with zero attached hydrogens (tertiary/aromatic N) is 1. The fourth-order valence-electron chi connectivity index (χ4n) is 3.07. The smallest absolute Gasteiger partial charge is 0.251 e. The van der Waals surface area contributed by atoms with Crippen molar-refractivity contribution in [2.75, 3.05) is 26.4 Å². The first-order valence-electron chi connectivity index (χ1n) is 10.6. The van der Waals surface area contributed by atoms with Crippen molar-refractivity contribution in [3.63, 3.8) is 0 Å². The van der Waals surface area contributed by atoms with E-state index in [1.807, 2.05) is 26.2 Å². The number of carbonyl (C=O) groups excluding carboxylic acids is 1. The first kappa shape index (κ1) is 23.5. The summed E-state index contributed by atoms with van der Waals surface area (Å²) in [5.41, 5.74) is 2.17. The van der Waals surface area contributed by atoms with Crippen molar-refractivity contribution in [1.82, 2.24) is 10.3 Å². The lowest BCUT2D eigenvalue weighted by Crippen LogP contribution is -2.26. The maximum atomic E-state index is 13.1. The SMILES string of the molecule is CCOc1cc(C(=O)NCCc2csc(-c3ccc(F)cc3)n2)cc(OCC)c1OCC. The molecule has 0 saturated carbocycles. The summed E-state index contributed by atoms with van der Waals surface area (Å²) >= 11 is 1.49. The zero-order valence-electron chi connectivity index (χ0n) is 18.4. The number of hydrogen-bond acceptors (Lipinski definition) is 6. The predicted octanol–water partition coefficient (Wildman–Crippen LogP) is 5.12. The van der Waals surface area contributed by atoms with Gasteiger partial charge in [-0.15, -0.1) is 11.3 Å². The maximum absolute atomic E-state index is 13.1. The van der Waals surface area contributed by atoms with Crippen LogP contribution in [0.2, 0.25) is 0 Å². The van der Waals surface area contributed by atoms with Crippen molar-refractivity contribution in [3.8, 4) is 27.8 Å². The van der Waals surface area contributed by atoms with Gasteiger partial charge in [0.2, 0.25) is 5.75 Å². The number of carbonyl (C=O) groups is 1. The molecule has 0 aliphatic rings. The highest BCUT2D eigenvalue weighted by Crippen LogP contribution is 2.39. The van der Waals surface area contributed by atoms with Gasteiger partial charge in [0.05, 0.1) is 25.5 Å². The molecule has 2 aromatic carbocycles. The Morgan fingerprint density at radius 3 is 2.22 bits per heavy atom. The third-order valence-corrected chi connectivity index (χ3v) is 5.42. The van der Waals surface area contributed by atoms with Crippen molar-refractivity contribution in [2.24, 2.45) is 0 Å². The van der Waals surface area contributed by atoms with Crippen molar-refractivity contribution in [1.29, 1.82) is 0 Å². The fraction of sp³-hybridized carbons (Fsp3) is 0.333. The van der Waals surface area contributed by atoms with E-state index < -0.39 is 0 Å². The Bertz CT molecular complexity index is 1010. The molecule has 0 saturated heterocycles. The van der Waals surface area contributed by atoms with Gasteiger partial charge in [-0.2, -0.15) is 0 Å². The zero-order chi connectivity index (χ0) is 22.9. The third-order valence-electron chi connectivity index (χ3n) is 4.48. The first-order valence-corrected chi connectivity index (χ1v) is 11.5. The van der Waals surface area contributed by atoms with Gasteiger partial charge in [-0.05, 0) is 57.2 Å². The van der Waals surface area contributed by atoms with Crippen LogP contribution in [-0.2, 0) is 6.42 Å². The van der Waals surface area contributed by atoms with Crippen molar-refractivity contribution in [3.05, 3.63) is 58.9 Å². The molecule has 0 spiro atoms. The van der Waals surface area contributed by atoms with E-state index in [-0.39, 0.29) is 11.7 Å². The summed E-state index contributed by atoms with van der Waals surface area (Å²) in [7, 11) is 0. The molecule has 1 amide bonds. The second kappa shape index (κ2) is 11.5. The lowest BCUT2D eigenvalue weighted by atomic mass is 10.1. The van der Waals surface area contributed by atoms with Gasteiger partial charge in [-0.1, -0.05) is 0 Å². The predicted molar refractivity (Wildman–Crippen MR) is 123 cm³/mol. The molecule has 32 heavy (non-hydrogen) atoms. The molecular weight excluding hydrogens is 431 g/mol. The van der Waals surface area contributed by atoms with E-state index in [0.717, 1.165) is 16.3 Å². The average Bonchev–Trinajstić information content (AvgIpc) is 3.25. The van der Waals surface area contributed by atoms with Gasteiger partial charge < -0.3 is 19.5 Å². The monoisotopic (exact) mass is 458 g/mol. The normalized spacial score (nSPS) is 10.6. The van der Waals surface area contributed by atoms with Crippen molar-refractivity contribution in [2.45, 2.75) is 27.2 Å². The average molecular weight is 459 g/mol. The highest BCUT2D eigenvalue weighted by molar-refractivity contribution is 7.13. The number of aromatic nitrogens is 1. The van der Waals surface area contributed by atoms with E-state index in [1.165, 1.54) is 23.5 Å². The molecule has 1 heterocycles. The van der Waals surface area contributed by atoms with Crippen molar-refractivity contribution >= 4 is 17.2 Å². The van der Waals surface area contributed by atoms with Gasteiger partial charge >= 0.3 is 0 Å². The quantitative estimate of drug-likeness (QED) is 0.432. The second-order valence-corrected chi connectivity index (χ2v) is 7.62. The van der Waals surface area contributed by atoms with Crippen LogP contribution in [0.1, 0.15) is 36.8 Å². The maximum Gasteiger partial charge on any atom is 0.251 e. The number of benzene rings is 2. The van der Waals surface area contributed by atoms with E-state index >= 15 is 0 Å². The first-order chi connectivity index (χ1) is 15.5. The van der Waals surface area contributed by atoms with Crippen LogP contribution in [0.5, 0.6) is 17.2 Å². The largest absolute Gasteiger partial charge is 0.490 e. The number of rotatable bonds is 11. The molecule has 6 nitrogen and oxygen atoms in total. The number of thiazole rings is 1. The van der Waals surface area contributed by atoms with Crippen LogP contribution < -0.4 is 19.5 Å².